The molecule has 1 atom stereocenters. The number of amides is 1. The maximum Gasteiger partial charge on any atom is 0.224 e. The Morgan fingerprint density at radius 2 is 1.68 bits per heavy atom. The summed E-state index contributed by atoms with van der Waals surface area (Å²) in [6.07, 6.45) is 2.79. The fraction of sp³-hybridized carbons (Fsp3) is 0.316. The Morgan fingerprint density at radius 1 is 1.05 bits per heavy atom. The van der Waals surface area contributed by atoms with Gasteiger partial charge in [-0.3, -0.25) is 4.79 Å². The van der Waals surface area contributed by atoms with Gasteiger partial charge in [0.2, 0.25) is 5.91 Å². The van der Waals surface area contributed by atoms with Gasteiger partial charge in [-0.2, -0.15) is 0 Å². The van der Waals surface area contributed by atoms with Crippen molar-refractivity contribution in [3.63, 3.8) is 0 Å². The van der Waals surface area contributed by atoms with Crippen LogP contribution in [-0.2, 0) is 11.2 Å². The third-order valence-corrected chi connectivity index (χ3v) is 4.22. The van der Waals surface area contributed by atoms with E-state index in [-0.39, 0.29) is 11.9 Å². The predicted molar refractivity (Wildman–Crippen MR) is 89.3 cm³/mol. The monoisotopic (exact) mass is 294 g/mol. The van der Waals surface area contributed by atoms with Crippen LogP contribution in [0.2, 0.25) is 0 Å². The smallest absolute Gasteiger partial charge is 0.224 e. The normalized spacial score (nSPS) is 15.3. The molecule has 1 amide bonds. The second-order valence-corrected chi connectivity index (χ2v) is 5.99. The minimum absolute atomic E-state index is 0.0646. The first-order chi connectivity index (χ1) is 10.8. The summed E-state index contributed by atoms with van der Waals surface area (Å²) in [5.74, 6) is 0.657. The van der Waals surface area contributed by atoms with E-state index in [0.717, 1.165) is 5.56 Å². The van der Waals surface area contributed by atoms with Crippen molar-refractivity contribution in [3.05, 3.63) is 60.2 Å². The number of nitrogens with one attached hydrogen (secondary N) is 1. The lowest BCUT2D eigenvalue weighted by Gasteiger charge is -2.16. The predicted octanol–water partition coefficient (Wildman–Crippen LogP) is 2.75. The number of nitrogens with two attached hydrogens (primary N) is 1. The SMILES string of the molecule is NCC(NC(=O)Cc1ccc(-c2ccccc2)cc1)C1CC1. The summed E-state index contributed by atoms with van der Waals surface area (Å²) < 4.78 is 0. The zero-order chi connectivity index (χ0) is 15.4. The third kappa shape index (κ3) is 3.74. The summed E-state index contributed by atoms with van der Waals surface area (Å²) in [7, 11) is 0. The molecule has 0 saturated heterocycles. The summed E-state index contributed by atoms with van der Waals surface area (Å²) >= 11 is 0. The molecule has 22 heavy (non-hydrogen) atoms. The van der Waals surface area contributed by atoms with Gasteiger partial charge in [-0.25, -0.2) is 0 Å². The number of benzene rings is 2. The van der Waals surface area contributed by atoms with Crippen LogP contribution in [0.5, 0.6) is 0 Å². The highest BCUT2D eigenvalue weighted by Crippen LogP contribution is 2.32. The van der Waals surface area contributed by atoms with E-state index in [2.05, 4.69) is 29.6 Å². The Bertz CT molecular complexity index is 618. The molecule has 0 heterocycles. The molecule has 1 fully saturated rings. The number of hydrogen-bond donors (Lipinski definition) is 2. The van der Waals surface area contributed by atoms with Crippen molar-refractivity contribution in [1.29, 1.82) is 0 Å². The Balaban J connectivity index is 1.60. The van der Waals surface area contributed by atoms with E-state index in [4.69, 9.17) is 5.73 Å². The minimum atomic E-state index is 0.0646. The second-order valence-electron chi connectivity index (χ2n) is 5.99. The van der Waals surface area contributed by atoms with Crippen molar-refractivity contribution < 1.29 is 4.79 Å². The van der Waals surface area contributed by atoms with Gasteiger partial charge in [0.05, 0.1) is 6.42 Å². The van der Waals surface area contributed by atoms with E-state index in [9.17, 15) is 4.79 Å². The lowest BCUT2D eigenvalue weighted by Crippen LogP contribution is -2.42. The van der Waals surface area contributed by atoms with Crippen LogP contribution in [0.15, 0.2) is 54.6 Å². The largest absolute Gasteiger partial charge is 0.352 e. The van der Waals surface area contributed by atoms with E-state index in [1.54, 1.807) is 0 Å². The molecule has 1 aliphatic rings. The molecule has 3 N–H and O–H groups in total. The molecule has 0 bridgehead atoms. The van der Waals surface area contributed by atoms with Gasteiger partial charge in [-0.15, -0.1) is 0 Å². The summed E-state index contributed by atoms with van der Waals surface area (Å²) in [6.45, 7) is 0.531. The van der Waals surface area contributed by atoms with E-state index in [0.29, 0.717) is 18.9 Å². The summed E-state index contributed by atoms with van der Waals surface area (Å²) in [4.78, 5) is 12.1. The lowest BCUT2D eigenvalue weighted by atomic mass is 10.0. The molecular formula is C19H22N2O. The van der Waals surface area contributed by atoms with Crippen LogP contribution in [0.25, 0.3) is 11.1 Å². The van der Waals surface area contributed by atoms with Crippen molar-refractivity contribution >= 4 is 5.91 Å². The Kier molecular flexibility index (Phi) is 4.54. The van der Waals surface area contributed by atoms with Crippen LogP contribution in [-0.4, -0.2) is 18.5 Å². The van der Waals surface area contributed by atoms with Gasteiger partial charge in [0.25, 0.3) is 0 Å². The Hall–Kier alpha value is -2.13. The van der Waals surface area contributed by atoms with Crippen molar-refractivity contribution in [2.24, 2.45) is 11.7 Å². The van der Waals surface area contributed by atoms with E-state index in [1.165, 1.54) is 24.0 Å². The van der Waals surface area contributed by atoms with Gasteiger partial charge in [-0.05, 0) is 35.4 Å². The lowest BCUT2D eigenvalue weighted by molar-refractivity contribution is -0.121. The molecule has 3 nitrogen and oxygen atoms in total. The number of rotatable bonds is 6. The van der Waals surface area contributed by atoms with Crippen LogP contribution in [0.3, 0.4) is 0 Å². The number of hydrogen-bond acceptors (Lipinski definition) is 2. The molecule has 2 aromatic rings. The molecule has 1 unspecified atom stereocenters. The standard InChI is InChI=1S/C19H22N2O/c20-13-18(17-10-11-17)21-19(22)12-14-6-8-16(9-7-14)15-4-2-1-3-5-15/h1-9,17-18H,10-13,20H2,(H,21,22). The highest BCUT2D eigenvalue weighted by Gasteiger charge is 2.31. The molecule has 2 aromatic carbocycles. The molecule has 0 aromatic heterocycles. The molecule has 3 heteroatoms. The molecule has 3 rings (SSSR count). The zero-order valence-electron chi connectivity index (χ0n) is 12.7. The second kappa shape index (κ2) is 6.75. The van der Waals surface area contributed by atoms with Crippen molar-refractivity contribution in [2.45, 2.75) is 25.3 Å². The average molecular weight is 294 g/mol. The Morgan fingerprint density at radius 3 is 2.27 bits per heavy atom. The summed E-state index contributed by atoms with van der Waals surface area (Å²) in [6, 6.07) is 18.6. The van der Waals surface area contributed by atoms with Crippen molar-refractivity contribution in [3.8, 4) is 11.1 Å². The van der Waals surface area contributed by atoms with Gasteiger partial charge in [0.1, 0.15) is 0 Å². The van der Waals surface area contributed by atoms with Gasteiger partial charge in [0, 0.05) is 12.6 Å². The molecule has 0 spiro atoms. The minimum Gasteiger partial charge on any atom is -0.352 e. The van der Waals surface area contributed by atoms with E-state index in [1.807, 2.05) is 30.3 Å². The molecule has 1 saturated carbocycles. The van der Waals surface area contributed by atoms with Crippen LogP contribution in [0, 0.1) is 5.92 Å². The van der Waals surface area contributed by atoms with Gasteiger partial charge in [-0.1, -0.05) is 54.6 Å². The van der Waals surface area contributed by atoms with Gasteiger partial charge in [0.15, 0.2) is 0 Å². The van der Waals surface area contributed by atoms with Gasteiger partial charge < -0.3 is 11.1 Å². The molecule has 0 aliphatic heterocycles. The number of carbonyl (C=O) groups excluding carboxylic acids is 1. The first-order valence-electron chi connectivity index (χ1n) is 7.90. The average Bonchev–Trinajstić information content (AvgIpc) is 3.39. The fourth-order valence-electron chi connectivity index (χ4n) is 2.76. The van der Waals surface area contributed by atoms with Crippen LogP contribution < -0.4 is 11.1 Å². The van der Waals surface area contributed by atoms with Crippen LogP contribution in [0.1, 0.15) is 18.4 Å². The highest BCUT2D eigenvalue weighted by molar-refractivity contribution is 5.79. The zero-order valence-corrected chi connectivity index (χ0v) is 12.7. The van der Waals surface area contributed by atoms with E-state index < -0.39 is 0 Å². The van der Waals surface area contributed by atoms with Crippen LogP contribution in [0.4, 0.5) is 0 Å². The molecule has 0 radical (unpaired) electrons. The molecular weight excluding hydrogens is 272 g/mol. The topological polar surface area (TPSA) is 55.1 Å². The van der Waals surface area contributed by atoms with Crippen molar-refractivity contribution in [1.82, 2.24) is 5.32 Å². The third-order valence-electron chi connectivity index (χ3n) is 4.22. The first kappa shape index (κ1) is 14.8. The highest BCUT2D eigenvalue weighted by atomic mass is 16.1. The van der Waals surface area contributed by atoms with Gasteiger partial charge >= 0.3 is 0 Å². The summed E-state index contributed by atoms with van der Waals surface area (Å²) in [5, 5.41) is 3.06. The molecule has 1 aliphatic carbocycles. The van der Waals surface area contributed by atoms with E-state index >= 15 is 0 Å². The summed E-state index contributed by atoms with van der Waals surface area (Å²) in [5.41, 5.74) is 9.12. The van der Waals surface area contributed by atoms with Crippen LogP contribution >= 0.6 is 0 Å². The fourth-order valence-corrected chi connectivity index (χ4v) is 2.76. The quantitative estimate of drug-likeness (QED) is 0.860. The maximum absolute atomic E-state index is 12.1. The Labute approximate surface area is 131 Å². The maximum atomic E-state index is 12.1. The van der Waals surface area contributed by atoms with Crippen molar-refractivity contribution in [2.75, 3.05) is 6.54 Å². The number of carbonyl (C=O) groups is 1. The molecule has 114 valence electrons. The first-order valence-corrected chi connectivity index (χ1v) is 7.90.